The van der Waals surface area contributed by atoms with Crippen molar-refractivity contribution in [3.05, 3.63) is 46.5 Å². The number of nitrogens with zero attached hydrogens (tertiary/aromatic N) is 2. The minimum atomic E-state index is -0.238. The molecule has 0 radical (unpaired) electrons. The summed E-state index contributed by atoms with van der Waals surface area (Å²) in [5.74, 6) is 0.851. The first kappa shape index (κ1) is 20.1. The molecular weight excluding hydrogens is 396 g/mol. The second kappa shape index (κ2) is 9.03. The van der Waals surface area contributed by atoms with Crippen molar-refractivity contribution in [1.82, 2.24) is 10.1 Å². The molecule has 0 saturated heterocycles. The number of benzene rings is 1. The Morgan fingerprint density at radius 1 is 1.11 bits per heavy atom. The Bertz CT molecular complexity index is 997. The van der Waals surface area contributed by atoms with Gasteiger partial charge in [0.1, 0.15) is 5.76 Å². The van der Waals surface area contributed by atoms with Crippen molar-refractivity contribution in [3.63, 3.8) is 0 Å². The van der Waals surface area contributed by atoms with Crippen molar-refractivity contribution >= 4 is 45.9 Å². The maximum Gasteiger partial charge on any atom is 0.236 e. The number of hydrogen-bond acceptors (Lipinski definition) is 7. The van der Waals surface area contributed by atoms with Crippen molar-refractivity contribution < 1.29 is 14.1 Å². The fraction of sp³-hybridized carbons (Fsp3) is 0.263. The molecule has 3 aromatic rings. The SMILES string of the molecule is Cc1ccc(-c2csc(NC(=O)CSCC(=O)Nc3cc(C)on3)n2)c(C)c1. The Morgan fingerprint density at radius 2 is 1.86 bits per heavy atom. The number of thiazole rings is 1. The van der Waals surface area contributed by atoms with Gasteiger partial charge in [0.15, 0.2) is 10.9 Å². The molecule has 0 aliphatic carbocycles. The van der Waals surface area contributed by atoms with Gasteiger partial charge in [0.25, 0.3) is 0 Å². The number of thioether (sulfide) groups is 1. The molecule has 0 atom stereocenters. The third-order valence-electron chi connectivity index (χ3n) is 3.77. The first-order valence-electron chi connectivity index (χ1n) is 8.54. The van der Waals surface area contributed by atoms with E-state index in [1.807, 2.05) is 31.4 Å². The molecule has 0 spiro atoms. The van der Waals surface area contributed by atoms with Crippen LogP contribution in [0.2, 0.25) is 0 Å². The van der Waals surface area contributed by atoms with Crippen LogP contribution in [0.1, 0.15) is 16.9 Å². The number of carbonyl (C=O) groups excluding carboxylic acids is 2. The molecule has 2 heterocycles. The molecule has 0 aliphatic rings. The molecule has 7 nitrogen and oxygen atoms in total. The van der Waals surface area contributed by atoms with Gasteiger partial charge in [-0.15, -0.1) is 23.1 Å². The van der Waals surface area contributed by atoms with Crippen LogP contribution in [0, 0.1) is 20.8 Å². The normalized spacial score (nSPS) is 10.7. The van der Waals surface area contributed by atoms with Gasteiger partial charge in [0.2, 0.25) is 11.8 Å². The Labute approximate surface area is 170 Å². The van der Waals surface area contributed by atoms with Gasteiger partial charge in [-0.2, -0.15) is 0 Å². The molecule has 9 heteroatoms. The van der Waals surface area contributed by atoms with Crippen LogP contribution in [0.3, 0.4) is 0 Å². The van der Waals surface area contributed by atoms with Crippen molar-refractivity contribution in [1.29, 1.82) is 0 Å². The largest absolute Gasteiger partial charge is 0.360 e. The summed E-state index contributed by atoms with van der Waals surface area (Å²) in [6.45, 7) is 5.84. The van der Waals surface area contributed by atoms with Gasteiger partial charge in [-0.1, -0.05) is 28.9 Å². The summed E-state index contributed by atoms with van der Waals surface area (Å²) >= 11 is 2.60. The maximum absolute atomic E-state index is 12.1. The van der Waals surface area contributed by atoms with E-state index in [1.165, 1.54) is 28.7 Å². The van der Waals surface area contributed by atoms with Crippen molar-refractivity contribution in [3.8, 4) is 11.3 Å². The molecule has 0 fully saturated rings. The molecular formula is C19H20N4O3S2. The van der Waals surface area contributed by atoms with E-state index in [-0.39, 0.29) is 23.3 Å². The Kier molecular flexibility index (Phi) is 6.48. The monoisotopic (exact) mass is 416 g/mol. The highest BCUT2D eigenvalue weighted by atomic mass is 32.2. The summed E-state index contributed by atoms with van der Waals surface area (Å²) in [6.07, 6.45) is 0. The fourth-order valence-electron chi connectivity index (χ4n) is 2.55. The summed E-state index contributed by atoms with van der Waals surface area (Å²) < 4.78 is 4.88. The molecule has 0 unspecified atom stereocenters. The molecule has 3 rings (SSSR count). The van der Waals surface area contributed by atoms with E-state index in [0.29, 0.717) is 16.7 Å². The van der Waals surface area contributed by atoms with Gasteiger partial charge in [-0.3, -0.25) is 9.59 Å². The summed E-state index contributed by atoms with van der Waals surface area (Å²) in [5, 5.41) is 11.5. The van der Waals surface area contributed by atoms with Crippen LogP contribution in [0.4, 0.5) is 10.9 Å². The average Bonchev–Trinajstić information content (AvgIpc) is 3.24. The number of carbonyl (C=O) groups is 2. The zero-order chi connectivity index (χ0) is 20.1. The molecule has 2 N–H and O–H groups in total. The second-order valence-corrected chi connectivity index (χ2v) is 8.11. The standard InChI is InChI=1S/C19H20N4O3S2/c1-11-4-5-14(12(2)6-11)15-8-28-19(20-15)22-18(25)10-27-9-17(24)21-16-7-13(3)26-23-16/h4-8H,9-10H2,1-3H3,(H,20,22,25)(H,21,23,24). The first-order valence-corrected chi connectivity index (χ1v) is 10.6. The second-order valence-electron chi connectivity index (χ2n) is 6.27. The number of amides is 2. The lowest BCUT2D eigenvalue weighted by atomic mass is 10.0. The third kappa shape index (κ3) is 5.43. The number of hydrogen-bond donors (Lipinski definition) is 2. The predicted molar refractivity (Wildman–Crippen MR) is 113 cm³/mol. The van der Waals surface area contributed by atoms with Gasteiger partial charge >= 0.3 is 0 Å². The van der Waals surface area contributed by atoms with E-state index in [0.717, 1.165) is 16.8 Å². The molecule has 2 aromatic heterocycles. The quantitative estimate of drug-likeness (QED) is 0.603. The molecule has 0 bridgehead atoms. The van der Waals surface area contributed by atoms with E-state index in [2.05, 4.69) is 26.8 Å². The van der Waals surface area contributed by atoms with E-state index in [1.54, 1.807) is 13.0 Å². The lowest BCUT2D eigenvalue weighted by Crippen LogP contribution is -2.18. The third-order valence-corrected chi connectivity index (χ3v) is 5.46. The predicted octanol–water partition coefficient (Wildman–Crippen LogP) is 4.03. The number of rotatable bonds is 7. The first-order chi connectivity index (χ1) is 13.4. The summed E-state index contributed by atoms with van der Waals surface area (Å²) in [6, 6.07) is 7.82. The van der Waals surface area contributed by atoms with Crippen molar-refractivity contribution in [2.75, 3.05) is 22.1 Å². The molecule has 1 aromatic carbocycles. The Morgan fingerprint density at radius 3 is 2.54 bits per heavy atom. The topological polar surface area (TPSA) is 97.1 Å². The molecule has 0 saturated carbocycles. The smallest absolute Gasteiger partial charge is 0.236 e. The lowest BCUT2D eigenvalue weighted by molar-refractivity contribution is -0.114. The van der Waals surface area contributed by atoms with Gasteiger partial charge in [-0.05, 0) is 26.3 Å². The lowest BCUT2D eigenvalue weighted by Gasteiger charge is -2.04. The van der Waals surface area contributed by atoms with E-state index in [4.69, 9.17) is 4.52 Å². The van der Waals surface area contributed by atoms with Gasteiger partial charge < -0.3 is 15.2 Å². The highest BCUT2D eigenvalue weighted by molar-refractivity contribution is 8.00. The highest BCUT2D eigenvalue weighted by Crippen LogP contribution is 2.28. The van der Waals surface area contributed by atoms with Crippen molar-refractivity contribution in [2.24, 2.45) is 0 Å². The van der Waals surface area contributed by atoms with E-state index < -0.39 is 0 Å². The van der Waals surface area contributed by atoms with Crippen LogP contribution in [0.15, 0.2) is 34.2 Å². The number of aryl methyl sites for hydroxylation is 3. The van der Waals surface area contributed by atoms with Gasteiger partial charge in [0, 0.05) is 17.0 Å². The van der Waals surface area contributed by atoms with Crippen LogP contribution in [0.5, 0.6) is 0 Å². The fourth-order valence-corrected chi connectivity index (χ4v) is 3.90. The number of aromatic nitrogens is 2. The van der Waals surface area contributed by atoms with Crippen molar-refractivity contribution in [2.45, 2.75) is 20.8 Å². The van der Waals surface area contributed by atoms with Crippen LogP contribution in [0.25, 0.3) is 11.3 Å². The van der Waals surface area contributed by atoms with E-state index >= 15 is 0 Å². The van der Waals surface area contributed by atoms with E-state index in [9.17, 15) is 9.59 Å². The molecule has 146 valence electrons. The Hall–Kier alpha value is -2.65. The zero-order valence-electron chi connectivity index (χ0n) is 15.7. The highest BCUT2D eigenvalue weighted by Gasteiger charge is 2.11. The Balaban J connectivity index is 1.46. The number of anilines is 2. The maximum atomic E-state index is 12.1. The number of nitrogens with one attached hydrogen (secondary N) is 2. The summed E-state index contributed by atoms with van der Waals surface area (Å²) in [4.78, 5) is 28.4. The minimum absolute atomic E-state index is 0.144. The van der Waals surface area contributed by atoms with Gasteiger partial charge in [-0.25, -0.2) is 4.98 Å². The van der Waals surface area contributed by atoms with Gasteiger partial charge in [0.05, 0.1) is 17.2 Å². The van der Waals surface area contributed by atoms with Crippen LogP contribution in [-0.2, 0) is 9.59 Å². The minimum Gasteiger partial charge on any atom is -0.360 e. The summed E-state index contributed by atoms with van der Waals surface area (Å²) in [5.41, 5.74) is 4.24. The molecule has 28 heavy (non-hydrogen) atoms. The molecule has 2 amide bonds. The average molecular weight is 417 g/mol. The summed E-state index contributed by atoms with van der Waals surface area (Å²) in [7, 11) is 0. The van der Waals surface area contributed by atoms with Crippen LogP contribution >= 0.6 is 23.1 Å². The zero-order valence-corrected chi connectivity index (χ0v) is 17.4. The molecule has 0 aliphatic heterocycles. The van der Waals surface area contributed by atoms with Crippen LogP contribution < -0.4 is 10.6 Å². The van der Waals surface area contributed by atoms with Crippen LogP contribution in [-0.4, -0.2) is 33.5 Å².